The molecule has 0 saturated carbocycles. The summed E-state index contributed by atoms with van der Waals surface area (Å²) in [5.74, 6) is -1.60. The van der Waals surface area contributed by atoms with Gasteiger partial charge in [-0.25, -0.2) is 4.79 Å². The Labute approximate surface area is 107 Å². The number of ether oxygens (including phenoxy) is 1. The maximum atomic E-state index is 11.6. The molecule has 5 heteroatoms. The van der Waals surface area contributed by atoms with Crippen molar-refractivity contribution < 1.29 is 14.3 Å². The number of halogens is 2. The molecule has 1 aromatic rings. The Morgan fingerprint density at radius 2 is 2.06 bits per heavy atom. The first-order valence-corrected chi connectivity index (χ1v) is 5.82. The number of hydrogen-bond acceptors (Lipinski definition) is 3. The van der Waals surface area contributed by atoms with E-state index < -0.39 is 11.8 Å². The van der Waals surface area contributed by atoms with E-state index in [4.69, 9.17) is 11.6 Å². The molecule has 0 N–H and O–H groups in total. The minimum absolute atomic E-state index is 0.164. The molecule has 0 aliphatic heterocycles. The van der Waals surface area contributed by atoms with Gasteiger partial charge in [0, 0.05) is 10.0 Å². The molecule has 0 aliphatic carbocycles. The van der Waals surface area contributed by atoms with E-state index in [1.165, 1.54) is 6.07 Å². The van der Waals surface area contributed by atoms with Crippen LogP contribution in [0.3, 0.4) is 0 Å². The highest BCUT2D eigenvalue weighted by Crippen LogP contribution is 2.27. The van der Waals surface area contributed by atoms with E-state index >= 15 is 0 Å². The van der Waals surface area contributed by atoms with E-state index in [0.29, 0.717) is 0 Å². The topological polar surface area (TPSA) is 43.4 Å². The number of ketones is 1. The molecule has 3 nitrogen and oxygen atoms in total. The van der Waals surface area contributed by atoms with Crippen LogP contribution in [0.15, 0.2) is 16.6 Å². The first-order valence-electron chi connectivity index (χ1n) is 4.65. The van der Waals surface area contributed by atoms with E-state index in [1.807, 2.05) is 0 Å². The van der Waals surface area contributed by atoms with Crippen LogP contribution in [-0.4, -0.2) is 18.4 Å². The highest BCUT2D eigenvalue weighted by Gasteiger charge is 2.21. The maximum absolute atomic E-state index is 11.6. The fourth-order valence-electron chi connectivity index (χ4n) is 1.14. The molecule has 0 atom stereocenters. The molecule has 0 spiro atoms. The molecule has 0 aromatic heterocycles. The smallest absolute Gasteiger partial charge is 0.379 e. The van der Waals surface area contributed by atoms with Gasteiger partial charge in [0.25, 0.3) is 5.78 Å². The van der Waals surface area contributed by atoms with Gasteiger partial charge >= 0.3 is 5.97 Å². The predicted molar refractivity (Wildman–Crippen MR) is 64.9 cm³/mol. The van der Waals surface area contributed by atoms with Crippen molar-refractivity contribution in [2.45, 2.75) is 13.8 Å². The average Bonchev–Trinajstić information content (AvgIpc) is 2.26. The van der Waals surface area contributed by atoms with Crippen molar-refractivity contribution in [1.82, 2.24) is 0 Å². The normalized spacial score (nSPS) is 10.0. The van der Waals surface area contributed by atoms with Crippen molar-refractivity contribution in [3.05, 3.63) is 32.8 Å². The van der Waals surface area contributed by atoms with Crippen molar-refractivity contribution >= 4 is 39.3 Å². The molecule has 1 aromatic carbocycles. The van der Waals surface area contributed by atoms with Crippen LogP contribution in [0.2, 0.25) is 5.02 Å². The van der Waals surface area contributed by atoms with Gasteiger partial charge in [0.15, 0.2) is 0 Å². The van der Waals surface area contributed by atoms with E-state index in [0.717, 1.165) is 10.0 Å². The molecule has 0 bridgehead atoms. The standard InChI is InChI=1S/C11H10BrClO3/c1-3-16-11(15)10(14)7-4-5-8(12)6(2)9(7)13/h4-5H,3H2,1-2H3. The van der Waals surface area contributed by atoms with Crippen LogP contribution in [0.25, 0.3) is 0 Å². The zero-order valence-corrected chi connectivity index (χ0v) is 11.2. The van der Waals surface area contributed by atoms with Crippen LogP contribution in [0.4, 0.5) is 0 Å². The average molecular weight is 306 g/mol. The Hall–Kier alpha value is -0.870. The summed E-state index contributed by atoms with van der Waals surface area (Å²) in [6.45, 7) is 3.56. The van der Waals surface area contributed by atoms with Gasteiger partial charge in [0.2, 0.25) is 0 Å². The molecule has 0 heterocycles. The second-order valence-corrected chi connectivity index (χ2v) is 4.32. The molecule has 0 aliphatic rings. The number of Topliss-reactive ketones (excluding diaryl/α,β-unsaturated/α-hetero) is 1. The lowest BCUT2D eigenvalue weighted by Crippen LogP contribution is -2.18. The van der Waals surface area contributed by atoms with E-state index in [9.17, 15) is 9.59 Å². The molecule has 1 rings (SSSR count). The number of esters is 1. The molecule has 86 valence electrons. The quantitative estimate of drug-likeness (QED) is 0.489. The lowest BCUT2D eigenvalue weighted by Gasteiger charge is -2.07. The number of hydrogen-bond donors (Lipinski definition) is 0. The second-order valence-electron chi connectivity index (χ2n) is 3.08. The summed E-state index contributed by atoms with van der Waals surface area (Å²) in [5.41, 5.74) is 0.887. The highest BCUT2D eigenvalue weighted by molar-refractivity contribution is 9.10. The second kappa shape index (κ2) is 5.46. The van der Waals surface area contributed by atoms with Crippen LogP contribution < -0.4 is 0 Å². The van der Waals surface area contributed by atoms with Gasteiger partial charge in [0.1, 0.15) is 0 Å². The summed E-state index contributed by atoms with van der Waals surface area (Å²) in [4.78, 5) is 22.9. The largest absolute Gasteiger partial charge is 0.460 e. The predicted octanol–water partition coefficient (Wildman–Crippen LogP) is 3.16. The molecular formula is C11H10BrClO3. The molecule has 0 unspecified atom stereocenters. The number of carbonyl (C=O) groups is 2. The van der Waals surface area contributed by atoms with Crippen LogP contribution in [0.5, 0.6) is 0 Å². The summed E-state index contributed by atoms with van der Waals surface area (Å²) < 4.78 is 5.41. The van der Waals surface area contributed by atoms with Gasteiger partial charge in [-0.05, 0) is 31.5 Å². The summed E-state index contributed by atoms with van der Waals surface area (Å²) in [5, 5.41) is 0.271. The van der Waals surface area contributed by atoms with E-state index in [2.05, 4.69) is 20.7 Å². The van der Waals surface area contributed by atoms with Crippen molar-refractivity contribution in [3.8, 4) is 0 Å². The summed E-state index contributed by atoms with van der Waals surface area (Å²) in [6.07, 6.45) is 0. The highest BCUT2D eigenvalue weighted by atomic mass is 79.9. The fraction of sp³-hybridized carbons (Fsp3) is 0.273. The minimum Gasteiger partial charge on any atom is -0.460 e. The Morgan fingerprint density at radius 1 is 1.44 bits per heavy atom. The molecule has 0 fully saturated rings. The monoisotopic (exact) mass is 304 g/mol. The lowest BCUT2D eigenvalue weighted by atomic mass is 10.1. The molecule has 16 heavy (non-hydrogen) atoms. The summed E-state index contributed by atoms with van der Waals surface area (Å²) >= 11 is 9.26. The Balaban J connectivity index is 3.10. The van der Waals surface area contributed by atoms with Crippen LogP contribution in [0.1, 0.15) is 22.8 Å². The fourth-order valence-corrected chi connectivity index (χ4v) is 1.84. The first kappa shape index (κ1) is 13.2. The molecular weight excluding hydrogens is 295 g/mol. The van der Waals surface area contributed by atoms with Gasteiger partial charge in [0.05, 0.1) is 11.6 Å². The summed E-state index contributed by atoms with van der Waals surface area (Å²) in [6, 6.07) is 3.17. The SMILES string of the molecule is CCOC(=O)C(=O)c1ccc(Br)c(C)c1Cl. The maximum Gasteiger partial charge on any atom is 0.379 e. The third kappa shape index (κ3) is 2.62. The van der Waals surface area contributed by atoms with Gasteiger partial charge in [-0.1, -0.05) is 27.5 Å². The molecule has 0 radical (unpaired) electrons. The van der Waals surface area contributed by atoms with Gasteiger partial charge in [-0.15, -0.1) is 0 Å². The number of benzene rings is 1. The van der Waals surface area contributed by atoms with E-state index in [1.54, 1.807) is 19.9 Å². The Morgan fingerprint density at radius 3 is 2.62 bits per heavy atom. The van der Waals surface area contributed by atoms with E-state index in [-0.39, 0.29) is 17.2 Å². The first-order chi connectivity index (χ1) is 7.49. The van der Waals surface area contributed by atoms with Crippen LogP contribution in [0, 0.1) is 6.92 Å². The van der Waals surface area contributed by atoms with Crippen molar-refractivity contribution in [2.24, 2.45) is 0 Å². The Bertz CT molecular complexity index is 443. The number of rotatable bonds is 3. The Kier molecular flexibility index (Phi) is 4.50. The zero-order valence-electron chi connectivity index (χ0n) is 8.84. The van der Waals surface area contributed by atoms with Crippen molar-refractivity contribution in [1.29, 1.82) is 0 Å². The molecule has 0 amide bonds. The van der Waals surface area contributed by atoms with Gasteiger partial charge < -0.3 is 4.74 Å². The minimum atomic E-state index is -0.883. The third-order valence-corrected chi connectivity index (χ3v) is 3.37. The zero-order chi connectivity index (χ0) is 12.3. The van der Waals surface area contributed by atoms with Gasteiger partial charge in [-0.2, -0.15) is 0 Å². The third-order valence-electron chi connectivity index (χ3n) is 2.03. The number of carbonyl (C=O) groups excluding carboxylic acids is 2. The van der Waals surface area contributed by atoms with Gasteiger partial charge in [-0.3, -0.25) is 4.79 Å². The van der Waals surface area contributed by atoms with Crippen molar-refractivity contribution in [2.75, 3.05) is 6.61 Å². The van der Waals surface area contributed by atoms with Crippen LogP contribution in [-0.2, 0) is 9.53 Å². The van der Waals surface area contributed by atoms with Crippen LogP contribution >= 0.6 is 27.5 Å². The molecule has 0 saturated heterocycles. The van der Waals surface area contributed by atoms with Crippen molar-refractivity contribution in [3.63, 3.8) is 0 Å². The summed E-state index contributed by atoms with van der Waals surface area (Å²) in [7, 11) is 0. The lowest BCUT2D eigenvalue weighted by molar-refractivity contribution is -0.137.